The molecule has 0 aliphatic rings. The van der Waals surface area contributed by atoms with Gasteiger partial charge >= 0.3 is 11.9 Å². The summed E-state index contributed by atoms with van der Waals surface area (Å²) in [5.41, 5.74) is 0.700. The SMILES string of the molecule is COc1cc(CC(=O)O[C@H](C)CCC(=O)CCC(=O)O)cc(OC)c1. The third kappa shape index (κ3) is 8.19. The summed E-state index contributed by atoms with van der Waals surface area (Å²) in [5, 5.41) is 8.53. The van der Waals surface area contributed by atoms with E-state index in [0.717, 1.165) is 0 Å². The van der Waals surface area contributed by atoms with E-state index in [1.165, 1.54) is 14.2 Å². The fourth-order valence-corrected chi connectivity index (χ4v) is 2.20. The first kappa shape index (κ1) is 20.5. The summed E-state index contributed by atoms with van der Waals surface area (Å²) < 4.78 is 15.6. The second-order valence-electron chi connectivity index (χ2n) is 5.67. The average molecular weight is 352 g/mol. The Labute approximate surface area is 146 Å². The van der Waals surface area contributed by atoms with E-state index in [4.69, 9.17) is 19.3 Å². The minimum absolute atomic E-state index is 0.000393. The first-order chi connectivity index (χ1) is 11.8. The first-order valence-electron chi connectivity index (χ1n) is 7.99. The maximum absolute atomic E-state index is 12.0. The van der Waals surface area contributed by atoms with E-state index in [2.05, 4.69) is 0 Å². The van der Waals surface area contributed by atoms with Crippen LogP contribution >= 0.6 is 0 Å². The van der Waals surface area contributed by atoms with E-state index in [9.17, 15) is 14.4 Å². The van der Waals surface area contributed by atoms with Crippen molar-refractivity contribution in [2.24, 2.45) is 0 Å². The molecule has 0 spiro atoms. The van der Waals surface area contributed by atoms with Crippen LogP contribution in [0.3, 0.4) is 0 Å². The van der Waals surface area contributed by atoms with Crippen LogP contribution in [0.4, 0.5) is 0 Å². The summed E-state index contributed by atoms with van der Waals surface area (Å²) in [7, 11) is 3.06. The highest BCUT2D eigenvalue weighted by Crippen LogP contribution is 2.23. The molecule has 7 nitrogen and oxygen atoms in total. The van der Waals surface area contributed by atoms with Crippen molar-refractivity contribution in [2.45, 2.75) is 45.1 Å². The zero-order valence-corrected chi connectivity index (χ0v) is 14.7. The lowest BCUT2D eigenvalue weighted by molar-refractivity contribution is -0.148. The molecule has 0 radical (unpaired) electrons. The highest BCUT2D eigenvalue weighted by Gasteiger charge is 2.14. The molecule has 7 heteroatoms. The summed E-state index contributed by atoms with van der Waals surface area (Å²) in [6.45, 7) is 1.70. The summed E-state index contributed by atoms with van der Waals surface area (Å²) >= 11 is 0. The quantitative estimate of drug-likeness (QED) is 0.610. The van der Waals surface area contributed by atoms with Crippen molar-refractivity contribution >= 4 is 17.7 Å². The summed E-state index contributed by atoms with van der Waals surface area (Å²) in [6, 6.07) is 5.16. The number of carbonyl (C=O) groups excluding carboxylic acids is 2. The molecule has 0 saturated carbocycles. The van der Waals surface area contributed by atoms with Gasteiger partial charge in [0.2, 0.25) is 0 Å². The number of carboxylic acid groups (broad SMARTS) is 1. The minimum Gasteiger partial charge on any atom is -0.497 e. The Balaban J connectivity index is 2.45. The standard InChI is InChI=1S/C18H24O7/c1-12(4-5-14(19)6-7-17(20)21)25-18(22)10-13-8-15(23-2)11-16(9-13)24-3/h8-9,11-12H,4-7,10H2,1-3H3,(H,20,21)/t12-/m1/s1. The number of carboxylic acids is 1. The highest BCUT2D eigenvalue weighted by atomic mass is 16.5. The van der Waals surface area contributed by atoms with Gasteiger partial charge in [-0.15, -0.1) is 0 Å². The molecular weight excluding hydrogens is 328 g/mol. The fraction of sp³-hybridized carbons (Fsp3) is 0.500. The third-order valence-electron chi connectivity index (χ3n) is 3.54. The number of esters is 1. The van der Waals surface area contributed by atoms with E-state index < -0.39 is 18.0 Å². The van der Waals surface area contributed by atoms with Gasteiger partial charge in [0, 0.05) is 18.9 Å². The molecule has 0 aliphatic carbocycles. The molecular formula is C18H24O7. The molecule has 0 bridgehead atoms. The first-order valence-corrected chi connectivity index (χ1v) is 7.99. The molecule has 0 heterocycles. The van der Waals surface area contributed by atoms with Crippen molar-refractivity contribution in [1.29, 1.82) is 0 Å². The number of benzene rings is 1. The van der Waals surface area contributed by atoms with Crippen molar-refractivity contribution in [3.05, 3.63) is 23.8 Å². The van der Waals surface area contributed by atoms with Crippen molar-refractivity contribution in [3.63, 3.8) is 0 Å². The van der Waals surface area contributed by atoms with E-state index in [1.54, 1.807) is 25.1 Å². The predicted octanol–water partition coefficient (Wildman–Crippen LogP) is 2.39. The van der Waals surface area contributed by atoms with Crippen LogP contribution in [-0.4, -0.2) is 43.2 Å². The minimum atomic E-state index is -0.999. The number of ketones is 1. The Hall–Kier alpha value is -2.57. The summed E-state index contributed by atoms with van der Waals surface area (Å²) in [5.74, 6) is -0.399. The molecule has 0 fully saturated rings. The van der Waals surface area contributed by atoms with Gasteiger partial charge in [-0.3, -0.25) is 14.4 Å². The van der Waals surface area contributed by atoms with Gasteiger partial charge in [0.15, 0.2) is 0 Å². The number of hydrogen-bond acceptors (Lipinski definition) is 6. The number of ether oxygens (including phenoxy) is 3. The molecule has 1 rings (SSSR count). The Morgan fingerprint density at radius 2 is 1.60 bits per heavy atom. The average Bonchev–Trinajstić information content (AvgIpc) is 2.57. The molecule has 0 amide bonds. The molecule has 0 aliphatic heterocycles. The van der Waals surface area contributed by atoms with Crippen LogP contribution in [0, 0.1) is 0 Å². The second kappa shape index (κ2) is 10.3. The lowest BCUT2D eigenvalue weighted by Gasteiger charge is -2.13. The van der Waals surface area contributed by atoms with E-state index in [0.29, 0.717) is 23.5 Å². The molecule has 1 aromatic rings. The lowest BCUT2D eigenvalue weighted by atomic mass is 10.1. The number of rotatable bonds is 11. The molecule has 1 aromatic carbocycles. The van der Waals surface area contributed by atoms with Gasteiger partial charge < -0.3 is 19.3 Å². The van der Waals surface area contributed by atoms with E-state index >= 15 is 0 Å². The summed E-state index contributed by atoms with van der Waals surface area (Å²) in [6.07, 6.45) is 0.0175. The largest absolute Gasteiger partial charge is 0.497 e. The zero-order chi connectivity index (χ0) is 18.8. The molecule has 1 N–H and O–H groups in total. The lowest BCUT2D eigenvalue weighted by Crippen LogP contribution is -2.18. The molecule has 0 saturated heterocycles. The van der Waals surface area contributed by atoms with Crippen molar-refractivity contribution in [1.82, 2.24) is 0 Å². The maximum Gasteiger partial charge on any atom is 0.310 e. The summed E-state index contributed by atoms with van der Waals surface area (Å²) in [4.78, 5) is 34.0. The maximum atomic E-state index is 12.0. The topological polar surface area (TPSA) is 99.1 Å². The van der Waals surface area contributed by atoms with Gasteiger partial charge in [0.05, 0.1) is 33.2 Å². The zero-order valence-electron chi connectivity index (χ0n) is 14.7. The molecule has 1 atom stereocenters. The number of aliphatic carboxylic acids is 1. The van der Waals surface area contributed by atoms with Crippen LogP contribution in [-0.2, 0) is 25.5 Å². The highest BCUT2D eigenvalue weighted by molar-refractivity contribution is 5.82. The van der Waals surface area contributed by atoms with Crippen LogP contribution in [0.2, 0.25) is 0 Å². The molecule has 0 aromatic heterocycles. The van der Waals surface area contributed by atoms with Gasteiger partial charge in [0.25, 0.3) is 0 Å². The smallest absolute Gasteiger partial charge is 0.310 e. The fourth-order valence-electron chi connectivity index (χ4n) is 2.20. The Kier molecular flexibility index (Phi) is 8.46. The van der Waals surface area contributed by atoms with Crippen molar-refractivity contribution in [3.8, 4) is 11.5 Å². The van der Waals surface area contributed by atoms with Crippen LogP contribution in [0.5, 0.6) is 11.5 Å². The monoisotopic (exact) mass is 352 g/mol. The Morgan fingerprint density at radius 3 is 2.12 bits per heavy atom. The normalized spacial score (nSPS) is 11.5. The van der Waals surface area contributed by atoms with Gasteiger partial charge in [-0.2, -0.15) is 0 Å². The van der Waals surface area contributed by atoms with Crippen LogP contribution in [0.1, 0.15) is 38.2 Å². The van der Waals surface area contributed by atoms with Crippen LogP contribution < -0.4 is 9.47 Å². The van der Waals surface area contributed by atoms with E-state index in [-0.39, 0.29) is 31.5 Å². The second-order valence-corrected chi connectivity index (χ2v) is 5.67. The molecule has 25 heavy (non-hydrogen) atoms. The van der Waals surface area contributed by atoms with Crippen molar-refractivity contribution < 1.29 is 33.7 Å². The number of hydrogen-bond donors (Lipinski definition) is 1. The van der Waals surface area contributed by atoms with Crippen molar-refractivity contribution in [2.75, 3.05) is 14.2 Å². The predicted molar refractivity (Wildman–Crippen MR) is 89.9 cm³/mol. The number of carbonyl (C=O) groups is 3. The van der Waals surface area contributed by atoms with Gasteiger partial charge in [-0.05, 0) is 31.0 Å². The van der Waals surface area contributed by atoms with Crippen LogP contribution in [0.25, 0.3) is 0 Å². The van der Waals surface area contributed by atoms with Gasteiger partial charge in [-0.25, -0.2) is 0 Å². The van der Waals surface area contributed by atoms with Gasteiger partial charge in [-0.1, -0.05) is 0 Å². The van der Waals surface area contributed by atoms with E-state index in [1.807, 2.05) is 0 Å². The van der Waals surface area contributed by atoms with Gasteiger partial charge in [0.1, 0.15) is 17.3 Å². The number of methoxy groups -OCH3 is 2. The number of Topliss-reactive ketones (excluding diaryl/α,β-unsaturated/α-hetero) is 1. The Bertz CT molecular complexity index is 587. The Morgan fingerprint density at radius 1 is 1.00 bits per heavy atom. The third-order valence-corrected chi connectivity index (χ3v) is 3.54. The van der Waals surface area contributed by atoms with Crippen LogP contribution in [0.15, 0.2) is 18.2 Å². The molecule has 138 valence electrons. The molecule has 0 unspecified atom stereocenters.